The number of hydrogen-bond acceptors (Lipinski definition) is 4. The summed E-state index contributed by atoms with van der Waals surface area (Å²) in [4.78, 5) is 13.8. The predicted molar refractivity (Wildman–Crippen MR) is 210 cm³/mol. The Kier molecular flexibility index (Phi) is 9.69. The maximum Gasteiger partial charge on any atom is 0.120 e. The second-order valence-corrected chi connectivity index (χ2v) is 14.7. The summed E-state index contributed by atoms with van der Waals surface area (Å²) in [6.07, 6.45) is 5.42. The molecular formula is C46H43FIrN4O-2. The summed E-state index contributed by atoms with van der Waals surface area (Å²) in [5.41, 5.74) is 9.75. The fourth-order valence-corrected chi connectivity index (χ4v) is 6.60. The minimum Gasteiger partial charge on any atom is -0.501 e. The number of para-hydroxylation sites is 2. The van der Waals surface area contributed by atoms with E-state index in [1.807, 2.05) is 42.6 Å². The van der Waals surface area contributed by atoms with Crippen molar-refractivity contribution in [1.29, 1.82) is 0 Å². The van der Waals surface area contributed by atoms with Crippen molar-refractivity contribution in [3.05, 3.63) is 144 Å². The molecule has 0 atom stereocenters. The molecule has 0 N–H and O–H groups in total. The van der Waals surface area contributed by atoms with Gasteiger partial charge in [0.2, 0.25) is 0 Å². The molecule has 0 bridgehead atoms. The van der Waals surface area contributed by atoms with Gasteiger partial charge in [0.15, 0.2) is 0 Å². The molecule has 4 aromatic carbocycles. The first-order valence-electron chi connectivity index (χ1n) is 19.1. The van der Waals surface area contributed by atoms with Crippen molar-refractivity contribution in [3.8, 4) is 28.3 Å². The summed E-state index contributed by atoms with van der Waals surface area (Å²) >= 11 is 0. The average molecular weight is 882 g/mol. The van der Waals surface area contributed by atoms with Crippen LogP contribution in [0.4, 0.5) is 4.39 Å². The van der Waals surface area contributed by atoms with Gasteiger partial charge in [0.25, 0.3) is 0 Å². The Morgan fingerprint density at radius 1 is 0.849 bits per heavy atom. The predicted octanol–water partition coefficient (Wildman–Crippen LogP) is 12.3. The second-order valence-electron chi connectivity index (χ2n) is 14.7. The second kappa shape index (κ2) is 15.2. The van der Waals surface area contributed by atoms with Crippen LogP contribution in [0.25, 0.3) is 61.3 Å². The number of benzene rings is 4. The minimum atomic E-state index is -2.33. The molecule has 4 heterocycles. The molecule has 7 heteroatoms. The third-order valence-electron chi connectivity index (χ3n) is 9.36. The van der Waals surface area contributed by atoms with Gasteiger partial charge in [-0.15, -0.1) is 42.0 Å². The van der Waals surface area contributed by atoms with Gasteiger partial charge in [0.05, 0.1) is 28.6 Å². The number of pyridine rings is 2. The molecule has 0 aliphatic heterocycles. The van der Waals surface area contributed by atoms with Crippen LogP contribution >= 0.6 is 0 Å². The van der Waals surface area contributed by atoms with Gasteiger partial charge in [-0.25, -0.2) is 0 Å². The number of fused-ring (bicyclic) bond motifs is 4. The molecule has 8 rings (SSSR count). The Labute approximate surface area is 328 Å². The van der Waals surface area contributed by atoms with Gasteiger partial charge in [-0.2, -0.15) is 0 Å². The first kappa shape index (κ1) is 33.8. The van der Waals surface area contributed by atoms with Crippen LogP contribution in [-0.2, 0) is 25.5 Å². The number of halogens is 1. The number of furan rings is 1. The van der Waals surface area contributed by atoms with E-state index >= 15 is 0 Å². The van der Waals surface area contributed by atoms with E-state index in [1.165, 1.54) is 22.9 Å². The summed E-state index contributed by atoms with van der Waals surface area (Å²) in [7, 11) is 0. The number of aromatic nitrogens is 4. The molecule has 53 heavy (non-hydrogen) atoms. The van der Waals surface area contributed by atoms with Crippen LogP contribution in [0, 0.1) is 24.8 Å². The molecule has 0 fully saturated rings. The zero-order valence-corrected chi connectivity index (χ0v) is 33.3. The SMILES string of the molecule is CC(C)c1cccc(C(C)C)c1-n1c(-c2[c-]ccc3c2oc2ccccc23)nc2ccncc21.[2H]C([2H])([2H])c1c[c-]c(-c2ccc(C(C)(C)C)cn2)c(F)c1.[Ir]. The molecule has 1 radical (unpaired) electrons. The van der Waals surface area contributed by atoms with Gasteiger partial charge in [-0.1, -0.05) is 120 Å². The molecule has 0 saturated carbocycles. The number of rotatable bonds is 5. The first-order chi connectivity index (χ1) is 26.1. The van der Waals surface area contributed by atoms with E-state index in [-0.39, 0.29) is 36.6 Å². The van der Waals surface area contributed by atoms with E-state index in [9.17, 15) is 4.39 Å². The molecule has 0 saturated heterocycles. The van der Waals surface area contributed by atoms with E-state index < -0.39 is 12.7 Å². The fraction of sp³-hybridized carbons (Fsp3) is 0.239. The summed E-state index contributed by atoms with van der Waals surface area (Å²) in [5.74, 6) is 0.894. The molecule has 4 aromatic heterocycles. The van der Waals surface area contributed by atoms with Crippen LogP contribution in [-0.4, -0.2) is 19.5 Å². The molecule has 5 nitrogen and oxygen atoms in total. The zero-order valence-electron chi connectivity index (χ0n) is 33.9. The smallest absolute Gasteiger partial charge is 0.120 e. The molecule has 271 valence electrons. The first-order valence-corrected chi connectivity index (χ1v) is 17.6. The third-order valence-corrected chi connectivity index (χ3v) is 9.36. The Morgan fingerprint density at radius 3 is 2.26 bits per heavy atom. The summed E-state index contributed by atoms with van der Waals surface area (Å²) < 4.78 is 44.5. The standard InChI is InChI=1S/C30H26N3O.C16H17FN.Ir/c1-18(2)20-10-7-11-21(19(3)4)28(20)33-26-17-31-16-15-25(26)32-30(33)24-13-8-12-23-22-9-5-6-14-27(22)34-29(23)24;1-11-5-7-13(14(17)9-11)15-8-6-12(10-18-15)16(2,3)4;/h5-12,14-19H,1-4H3;5-6,8-10H,1-4H3;/q2*-1;/i;1D3;. The number of nitrogens with zero attached hydrogens (tertiary/aromatic N) is 4. The summed E-state index contributed by atoms with van der Waals surface area (Å²) in [6, 6.07) is 32.9. The number of aryl methyl sites for hydroxylation is 1. The average Bonchev–Trinajstić information content (AvgIpc) is 3.73. The van der Waals surface area contributed by atoms with Crippen LogP contribution in [0.3, 0.4) is 0 Å². The van der Waals surface area contributed by atoms with E-state index in [4.69, 9.17) is 13.5 Å². The van der Waals surface area contributed by atoms with Crippen molar-refractivity contribution in [3.63, 3.8) is 0 Å². The molecule has 0 aliphatic carbocycles. The molecule has 0 spiro atoms. The Hall–Kier alpha value is -4.97. The zero-order chi connectivity index (χ0) is 39.2. The van der Waals surface area contributed by atoms with E-state index in [0.29, 0.717) is 17.5 Å². The van der Waals surface area contributed by atoms with E-state index in [2.05, 4.69) is 105 Å². The van der Waals surface area contributed by atoms with Crippen molar-refractivity contribution < 1.29 is 33.0 Å². The van der Waals surface area contributed by atoms with Crippen molar-refractivity contribution in [2.75, 3.05) is 0 Å². The number of hydrogen-bond donors (Lipinski definition) is 0. The normalized spacial score (nSPS) is 12.8. The number of imidazole rings is 1. The summed E-state index contributed by atoms with van der Waals surface area (Å²) in [5, 5.41) is 2.17. The molecule has 0 amide bonds. The van der Waals surface area contributed by atoms with Crippen LogP contribution in [0.1, 0.15) is 86.7 Å². The van der Waals surface area contributed by atoms with Crippen molar-refractivity contribution in [1.82, 2.24) is 19.5 Å². The Bertz CT molecular complexity index is 2630. The molecule has 0 unspecified atom stereocenters. The monoisotopic (exact) mass is 882 g/mol. The molecule has 0 aliphatic rings. The van der Waals surface area contributed by atoms with Crippen LogP contribution in [0.2, 0.25) is 0 Å². The maximum absolute atomic E-state index is 14.1. The Balaban J connectivity index is 0.000000209. The Morgan fingerprint density at radius 2 is 1.60 bits per heavy atom. The molecule has 8 aromatic rings. The maximum atomic E-state index is 14.1. The summed E-state index contributed by atoms with van der Waals surface area (Å²) in [6.45, 7) is 12.8. The fourth-order valence-electron chi connectivity index (χ4n) is 6.60. The van der Waals surface area contributed by atoms with E-state index in [0.717, 1.165) is 56.0 Å². The quantitative estimate of drug-likeness (QED) is 0.162. The van der Waals surface area contributed by atoms with Gasteiger partial charge in [0.1, 0.15) is 5.58 Å². The van der Waals surface area contributed by atoms with Gasteiger partial charge in [-0.3, -0.25) is 14.4 Å². The van der Waals surface area contributed by atoms with Crippen LogP contribution < -0.4 is 0 Å². The van der Waals surface area contributed by atoms with Crippen LogP contribution in [0.15, 0.2) is 108 Å². The van der Waals surface area contributed by atoms with Gasteiger partial charge in [0, 0.05) is 53.5 Å². The topological polar surface area (TPSA) is 56.7 Å². The van der Waals surface area contributed by atoms with Crippen molar-refractivity contribution in [2.45, 2.75) is 72.6 Å². The van der Waals surface area contributed by atoms with Crippen molar-refractivity contribution in [2.24, 2.45) is 0 Å². The third kappa shape index (κ3) is 7.33. The van der Waals surface area contributed by atoms with Crippen molar-refractivity contribution >= 4 is 33.0 Å². The largest absolute Gasteiger partial charge is 0.501 e. The molecular weight excluding hydrogens is 836 g/mol. The van der Waals surface area contributed by atoms with E-state index in [1.54, 1.807) is 18.5 Å². The minimum absolute atomic E-state index is 0. The van der Waals surface area contributed by atoms with Gasteiger partial charge < -0.3 is 14.0 Å². The van der Waals surface area contributed by atoms with Crippen LogP contribution in [0.5, 0.6) is 0 Å². The van der Waals surface area contributed by atoms with Gasteiger partial charge >= 0.3 is 0 Å². The van der Waals surface area contributed by atoms with Gasteiger partial charge in [-0.05, 0) is 51.8 Å².